The van der Waals surface area contributed by atoms with E-state index in [1.165, 1.54) is 0 Å². The standard InChI is InChI=1S/C6H14N2O/c1-5-7(6-9)8(2,3)4/h5H2,1-4H3/q+1. The van der Waals surface area contributed by atoms with Crippen LogP contribution in [0.2, 0.25) is 0 Å². The molecule has 0 aromatic rings. The van der Waals surface area contributed by atoms with Crippen LogP contribution in [0.15, 0.2) is 0 Å². The molecule has 0 aromatic heterocycles. The molecule has 0 unspecified atom stereocenters. The van der Waals surface area contributed by atoms with E-state index >= 15 is 0 Å². The van der Waals surface area contributed by atoms with E-state index in [1.807, 2.05) is 34.5 Å². The predicted molar refractivity (Wildman–Crippen MR) is 36.1 cm³/mol. The van der Waals surface area contributed by atoms with Crippen molar-refractivity contribution < 1.29 is 9.39 Å². The lowest BCUT2D eigenvalue weighted by atomic mass is 10.7. The average molecular weight is 130 g/mol. The van der Waals surface area contributed by atoms with Crippen molar-refractivity contribution in [1.29, 1.82) is 0 Å². The van der Waals surface area contributed by atoms with Gasteiger partial charge in [0, 0.05) is 0 Å². The van der Waals surface area contributed by atoms with Crippen molar-refractivity contribution in [1.82, 2.24) is 5.01 Å². The molecule has 0 aliphatic carbocycles. The zero-order valence-electron chi connectivity index (χ0n) is 6.51. The summed E-state index contributed by atoms with van der Waals surface area (Å²) in [5.41, 5.74) is 0. The average Bonchev–Trinajstić information content (AvgIpc) is 1.65. The fourth-order valence-corrected chi connectivity index (χ4v) is 0.611. The Hall–Kier alpha value is -0.570. The minimum absolute atomic E-state index is 0.514. The van der Waals surface area contributed by atoms with Crippen molar-refractivity contribution in [2.75, 3.05) is 27.7 Å². The van der Waals surface area contributed by atoms with Crippen LogP contribution < -0.4 is 0 Å². The molecule has 0 rings (SSSR count). The fourth-order valence-electron chi connectivity index (χ4n) is 0.611. The lowest BCUT2D eigenvalue weighted by Gasteiger charge is -2.31. The second-order valence-electron chi connectivity index (χ2n) is 2.75. The van der Waals surface area contributed by atoms with E-state index in [-0.39, 0.29) is 0 Å². The SMILES string of the molecule is CCN([C]=O)[N+](C)(C)C. The largest absolute Gasteiger partial charge is 0.361 e. The van der Waals surface area contributed by atoms with Gasteiger partial charge in [-0.05, 0) is 6.92 Å². The number of quaternary nitrogens is 1. The molecule has 0 bridgehead atoms. The predicted octanol–water partition coefficient (Wildman–Crippen LogP) is -0.00330. The van der Waals surface area contributed by atoms with Gasteiger partial charge in [-0.25, -0.2) is 4.59 Å². The highest BCUT2D eigenvalue weighted by atomic mass is 16.2. The van der Waals surface area contributed by atoms with E-state index in [2.05, 4.69) is 0 Å². The van der Waals surface area contributed by atoms with Crippen LogP contribution in [0.3, 0.4) is 0 Å². The first kappa shape index (κ1) is 8.43. The molecule has 0 fully saturated rings. The Kier molecular flexibility index (Phi) is 2.65. The van der Waals surface area contributed by atoms with Crippen LogP contribution in [-0.2, 0) is 4.79 Å². The van der Waals surface area contributed by atoms with Gasteiger partial charge in [0.25, 0.3) is 0 Å². The van der Waals surface area contributed by atoms with Gasteiger partial charge in [0.15, 0.2) is 0 Å². The summed E-state index contributed by atoms with van der Waals surface area (Å²) in [5.74, 6) is 0. The highest BCUT2D eigenvalue weighted by Crippen LogP contribution is 1.95. The topological polar surface area (TPSA) is 20.3 Å². The molecule has 0 aromatic carbocycles. The second kappa shape index (κ2) is 2.82. The Morgan fingerprint density at radius 1 is 1.44 bits per heavy atom. The number of amides is 1. The van der Waals surface area contributed by atoms with Crippen molar-refractivity contribution >= 4 is 6.41 Å². The Labute approximate surface area is 56.4 Å². The van der Waals surface area contributed by atoms with Gasteiger partial charge in [-0.1, -0.05) is 0 Å². The van der Waals surface area contributed by atoms with Crippen LogP contribution in [0, 0.1) is 0 Å². The van der Waals surface area contributed by atoms with Gasteiger partial charge in [0.1, 0.15) is 0 Å². The lowest BCUT2D eigenvalue weighted by Crippen LogP contribution is -2.50. The number of hydrogen-bond acceptors (Lipinski definition) is 1. The number of hydrogen-bond donors (Lipinski definition) is 0. The third-order valence-electron chi connectivity index (χ3n) is 1.13. The molecule has 53 valence electrons. The molecular weight excluding hydrogens is 116 g/mol. The zero-order valence-corrected chi connectivity index (χ0v) is 6.51. The summed E-state index contributed by atoms with van der Waals surface area (Å²) < 4.78 is 0.514. The smallest absolute Gasteiger partial charge is 0.258 e. The second-order valence-corrected chi connectivity index (χ2v) is 2.75. The van der Waals surface area contributed by atoms with Crippen molar-refractivity contribution in [3.8, 4) is 0 Å². The van der Waals surface area contributed by atoms with E-state index in [0.29, 0.717) is 11.1 Å². The molecule has 1 radical (unpaired) electrons. The summed E-state index contributed by atoms with van der Waals surface area (Å²) >= 11 is 0. The maximum Gasteiger partial charge on any atom is 0.361 e. The number of nitrogens with zero attached hydrogens (tertiary/aromatic N) is 2. The van der Waals surface area contributed by atoms with Gasteiger partial charge in [0.05, 0.1) is 27.7 Å². The van der Waals surface area contributed by atoms with E-state index in [0.717, 1.165) is 0 Å². The van der Waals surface area contributed by atoms with E-state index in [4.69, 9.17) is 0 Å². The third-order valence-corrected chi connectivity index (χ3v) is 1.13. The van der Waals surface area contributed by atoms with Crippen LogP contribution in [0.5, 0.6) is 0 Å². The maximum absolute atomic E-state index is 10.2. The van der Waals surface area contributed by atoms with Gasteiger partial charge < -0.3 is 0 Å². The summed E-state index contributed by atoms with van der Waals surface area (Å²) in [7, 11) is 5.78. The number of carbonyl (C=O) groups excluding carboxylic acids is 1. The summed E-state index contributed by atoms with van der Waals surface area (Å²) in [4.78, 5) is 10.2. The first-order valence-electron chi connectivity index (χ1n) is 2.99. The van der Waals surface area contributed by atoms with Crippen LogP contribution in [-0.4, -0.2) is 43.7 Å². The van der Waals surface area contributed by atoms with E-state index in [1.54, 1.807) is 5.01 Å². The molecule has 0 N–H and O–H groups in total. The minimum atomic E-state index is 0.514. The third kappa shape index (κ3) is 2.46. The first-order chi connectivity index (χ1) is 4.02. The quantitative estimate of drug-likeness (QED) is 0.299. The Balaban J connectivity index is 3.94. The Bertz CT molecular complexity index is 95.7. The molecule has 0 saturated carbocycles. The van der Waals surface area contributed by atoms with Crippen LogP contribution in [0.1, 0.15) is 6.92 Å². The van der Waals surface area contributed by atoms with Crippen LogP contribution in [0.25, 0.3) is 0 Å². The molecule has 0 spiro atoms. The molecule has 0 heterocycles. The first-order valence-corrected chi connectivity index (χ1v) is 2.99. The van der Waals surface area contributed by atoms with Crippen molar-refractivity contribution in [2.24, 2.45) is 0 Å². The molecule has 3 heteroatoms. The van der Waals surface area contributed by atoms with Crippen molar-refractivity contribution in [3.05, 3.63) is 0 Å². The lowest BCUT2D eigenvalue weighted by molar-refractivity contribution is -0.971. The van der Waals surface area contributed by atoms with Crippen LogP contribution >= 0.6 is 0 Å². The van der Waals surface area contributed by atoms with E-state index < -0.39 is 0 Å². The maximum atomic E-state index is 10.2. The molecular formula is C6H14N2O+. The highest BCUT2D eigenvalue weighted by molar-refractivity contribution is 5.45. The summed E-state index contributed by atoms with van der Waals surface area (Å²) in [6.45, 7) is 2.63. The fraction of sp³-hybridized carbons (Fsp3) is 0.833. The molecule has 3 nitrogen and oxygen atoms in total. The Morgan fingerprint density at radius 2 is 1.89 bits per heavy atom. The summed E-state index contributed by atoms with van der Waals surface area (Å²) in [5, 5.41) is 1.57. The molecule has 0 atom stereocenters. The van der Waals surface area contributed by atoms with Gasteiger partial charge >= 0.3 is 6.41 Å². The van der Waals surface area contributed by atoms with Crippen molar-refractivity contribution in [2.45, 2.75) is 6.92 Å². The molecule has 0 saturated heterocycles. The minimum Gasteiger partial charge on any atom is -0.258 e. The number of rotatable bonds is 3. The Morgan fingerprint density at radius 3 is 1.89 bits per heavy atom. The van der Waals surface area contributed by atoms with Gasteiger partial charge in [-0.15, -0.1) is 0 Å². The zero-order chi connectivity index (χ0) is 7.49. The van der Waals surface area contributed by atoms with E-state index in [9.17, 15) is 4.79 Å². The highest BCUT2D eigenvalue weighted by Gasteiger charge is 2.16. The molecule has 0 aliphatic heterocycles. The molecule has 0 aliphatic rings. The normalized spacial score (nSPS) is 11.1. The summed E-state index contributed by atoms with van der Waals surface area (Å²) in [6, 6.07) is 0. The van der Waals surface area contributed by atoms with Crippen molar-refractivity contribution in [3.63, 3.8) is 0 Å². The van der Waals surface area contributed by atoms with Gasteiger partial charge in [-0.3, -0.25) is 4.79 Å². The molecule has 9 heavy (non-hydrogen) atoms. The van der Waals surface area contributed by atoms with Crippen LogP contribution in [0.4, 0.5) is 0 Å². The van der Waals surface area contributed by atoms with Gasteiger partial charge in [0.2, 0.25) is 0 Å². The molecule has 1 amide bonds. The van der Waals surface area contributed by atoms with Gasteiger partial charge in [-0.2, -0.15) is 5.01 Å². The monoisotopic (exact) mass is 130 g/mol. The summed E-state index contributed by atoms with van der Waals surface area (Å²) in [6.07, 6.45) is 1.85.